The van der Waals surface area contributed by atoms with Gasteiger partial charge in [-0.15, -0.1) is 0 Å². The molecule has 22 heavy (non-hydrogen) atoms. The van der Waals surface area contributed by atoms with Crippen LogP contribution in [-0.2, 0) is 0 Å². The molecule has 0 fully saturated rings. The van der Waals surface area contributed by atoms with Gasteiger partial charge in [0.1, 0.15) is 0 Å². The molecule has 7 heteroatoms. The first-order valence-electron chi connectivity index (χ1n) is 6.21. The van der Waals surface area contributed by atoms with Crippen molar-refractivity contribution >= 4 is 29.3 Å². The van der Waals surface area contributed by atoms with E-state index in [4.69, 9.17) is 10.2 Å². The molecule has 0 heterocycles. The Balaban J connectivity index is 2.20. The first-order chi connectivity index (χ1) is 10.5. The number of carboxylic acids is 2. The molecule has 2 aromatic carbocycles. The molecule has 2 rings (SSSR count). The summed E-state index contributed by atoms with van der Waals surface area (Å²) in [6.07, 6.45) is 0. The standard InChI is InChI=1S/C15H12N2O5/c18-13(19)9-6-7-12(11(8-9)14(20)21)17-15(22)16-10-4-2-1-3-5-10/h1-8H,(H,18,19)(H,20,21)(H2,16,17,22). The Labute approximate surface area is 125 Å². The molecule has 2 amide bonds. The molecule has 0 saturated carbocycles. The highest BCUT2D eigenvalue weighted by Crippen LogP contribution is 2.18. The number of carboxylic acid groups (broad SMARTS) is 2. The second kappa shape index (κ2) is 6.40. The van der Waals surface area contributed by atoms with E-state index in [9.17, 15) is 14.4 Å². The van der Waals surface area contributed by atoms with Gasteiger partial charge in [0.25, 0.3) is 0 Å². The number of para-hydroxylation sites is 1. The summed E-state index contributed by atoms with van der Waals surface area (Å²) in [5, 5.41) is 22.9. The fraction of sp³-hybridized carbons (Fsp3) is 0. The predicted molar refractivity (Wildman–Crippen MR) is 79.4 cm³/mol. The minimum absolute atomic E-state index is 0.00549. The number of urea groups is 1. The summed E-state index contributed by atoms with van der Waals surface area (Å²) < 4.78 is 0. The van der Waals surface area contributed by atoms with Crippen LogP contribution in [0.3, 0.4) is 0 Å². The topological polar surface area (TPSA) is 116 Å². The molecule has 0 atom stereocenters. The van der Waals surface area contributed by atoms with Crippen LogP contribution in [0.5, 0.6) is 0 Å². The number of aromatic carboxylic acids is 2. The molecule has 0 aromatic heterocycles. The van der Waals surface area contributed by atoms with Gasteiger partial charge < -0.3 is 20.8 Å². The van der Waals surface area contributed by atoms with Crippen LogP contribution in [0.2, 0.25) is 0 Å². The minimum atomic E-state index is -1.34. The van der Waals surface area contributed by atoms with Crippen molar-refractivity contribution in [3.8, 4) is 0 Å². The van der Waals surface area contributed by atoms with E-state index < -0.39 is 18.0 Å². The summed E-state index contributed by atoms with van der Waals surface area (Å²) in [6.45, 7) is 0. The second-order valence-corrected chi connectivity index (χ2v) is 4.32. The normalized spacial score (nSPS) is 9.82. The van der Waals surface area contributed by atoms with E-state index in [1.807, 2.05) is 0 Å². The highest BCUT2D eigenvalue weighted by atomic mass is 16.4. The first kappa shape index (κ1) is 15.0. The van der Waals surface area contributed by atoms with Gasteiger partial charge in [0, 0.05) is 5.69 Å². The zero-order valence-corrected chi connectivity index (χ0v) is 11.2. The van der Waals surface area contributed by atoms with Crippen LogP contribution in [0.15, 0.2) is 48.5 Å². The van der Waals surface area contributed by atoms with Crippen LogP contribution in [0.25, 0.3) is 0 Å². The van der Waals surface area contributed by atoms with Crippen LogP contribution >= 0.6 is 0 Å². The number of hydrogen-bond acceptors (Lipinski definition) is 3. The highest BCUT2D eigenvalue weighted by molar-refractivity contribution is 6.05. The summed E-state index contributed by atoms with van der Waals surface area (Å²) >= 11 is 0. The average Bonchev–Trinajstić information content (AvgIpc) is 2.48. The predicted octanol–water partition coefficient (Wildman–Crippen LogP) is 2.73. The van der Waals surface area contributed by atoms with Crippen molar-refractivity contribution < 1.29 is 24.6 Å². The molecule has 0 aliphatic rings. The summed E-state index contributed by atoms with van der Waals surface area (Å²) in [7, 11) is 0. The fourth-order valence-electron chi connectivity index (χ4n) is 1.77. The average molecular weight is 300 g/mol. The van der Waals surface area contributed by atoms with Gasteiger partial charge >= 0.3 is 18.0 Å². The largest absolute Gasteiger partial charge is 0.478 e. The van der Waals surface area contributed by atoms with Crippen molar-refractivity contribution in [3.05, 3.63) is 59.7 Å². The maximum atomic E-state index is 11.8. The number of amides is 2. The van der Waals surface area contributed by atoms with Gasteiger partial charge in [0.05, 0.1) is 16.8 Å². The lowest BCUT2D eigenvalue weighted by molar-refractivity contribution is 0.0696. The van der Waals surface area contributed by atoms with Crippen molar-refractivity contribution in [2.75, 3.05) is 10.6 Å². The maximum Gasteiger partial charge on any atom is 0.337 e. The Bertz CT molecular complexity index is 728. The molecule has 0 radical (unpaired) electrons. The van der Waals surface area contributed by atoms with E-state index in [0.717, 1.165) is 6.07 Å². The number of carbonyl (C=O) groups is 3. The van der Waals surface area contributed by atoms with Crippen molar-refractivity contribution in [1.29, 1.82) is 0 Å². The number of carbonyl (C=O) groups excluding carboxylic acids is 1. The molecule has 0 saturated heterocycles. The van der Waals surface area contributed by atoms with Crippen LogP contribution in [-0.4, -0.2) is 28.2 Å². The van der Waals surface area contributed by atoms with Crippen LogP contribution in [0.1, 0.15) is 20.7 Å². The zero-order chi connectivity index (χ0) is 16.1. The van der Waals surface area contributed by atoms with Gasteiger partial charge in [-0.3, -0.25) is 0 Å². The van der Waals surface area contributed by atoms with E-state index in [0.29, 0.717) is 5.69 Å². The molecule has 112 valence electrons. The van der Waals surface area contributed by atoms with E-state index in [1.54, 1.807) is 30.3 Å². The molecule has 0 aliphatic heterocycles. The van der Waals surface area contributed by atoms with Crippen LogP contribution < -0.4 is 10.6 Å². The van der Waals surface area contributed by atoms with Crippen molar-refractivity contribution in [2.45, 2.75) is 0 Å². The summed E-state index contributed by atoms with van der Waals surface area (Å²) in [5.41, 5.74) is 0.0690. The van der Waals surface area contributed by atoms with Gasteiger partial charge in [-0.05, 0) is 30.3 Å². The third-order valence-electron chi connectivity index (χ3n) is 2.78. The summed E-state index contributed by atoms with van der Waals surface area (Å²) in [5.74, 6) is -2.58. The summed E-state index contributed by atoms with van der Waals surface area (Å²) in [4.78, 5) is 33.9. The molecular weight excluding hydrogens is 288 g/mol. The quantitative estimate of drug-likeness (QED) is 0.693. The van der Waals surface area contributed by atoms with E-state index in [2.05, 4.69) is 10.6 Å². The van der Waals surface area contributed by atoms with Gasteiger partial charge in [0.2, 0.25) is 0 Å². The van der Waals surface area contributed by atoms with E-state index in [-0.39, 0.29) is 16.8 Å². The molecule has 0 aliphatic carbocycles. The number of rotatable bonds is 4. The monoisotopic (exact) mass is 300 g/mol. The second-order valence-electron chi connectivity index (χ2n) is 4.32. The van der Waals surface area contributed by atoms with E-state index in [1.165, 1.54) is 12.1 Å². The number of hydrogen-bond donors (Lipinski definition) is 4. The number of nitrogens with one attached hydrogen (secondary N) is 2. The minimum Gasteiger partial charge on any atom is -0.478 e. The van der Waals surface area contributed by atoms with Crippen molar-refractivity contribution in [2.24, 2.45) is 0 Å². The Hall–Kier alpha value is -3.35. The Morgan fingerprint density at radius 3 is 2.09 bits per heavy atom. The highest BCUT2D eigenvalue weighted by Gasteiger charge is 2.15. The van der Waals surface area contributed by atoms with E-state index >= 15 is 0 Å². The molecule has 4 N–H and O–H groups in total. The van der Waals surface area contributed by atoms with Gasteiger partial charge in [-0.2, -0.15) is 0 Å². The van der Waals surface area contributed by atoms with Crippen molar-refractivity contribution in [3.63, 3.8) is 0 Å². The third kappa shape index (κ3) is 3.60. The lowest BCUT2D eigenvalue weighted by Gasteiger charge is -2.10. The lowest BCUT2D eigenvalue weighted by Crippen LogP contribution is -2.21. The van der Waals surface area contributed by atoms with Gasteiger partial charge in [0.15, 0.2) is 0 Å². The number of anilines is 2. The Kier molecular flexibility index (Phi) is 4.38. The van der Waals surface area contributed by atoms with Crippen LogP contribution in [0.4, 0.5) is 16.2 Å². The van der Waals surface area contributed by atoms with Gasteiger partial charge in [-0.25, -0.2) is 14.4 Å². The molecule has 0 spiro atoms. The molecular formula is C15H12N2O5. The molecule has 7 nitrogen and oxygen atoms in total. The van der Waals surface area contributed by atoms with Crippen LogP contribution in [0, 0.1) is 0 Å². The molecule has 2 aromatic rings. The zero-order valence-electron chi connectivity index (χ0n) is 11.2. The fourth-order valence-corrected chi connectivity index (χ4v) is 1.77. The molecule has 0 bridgehead atoms. The third-order valence-corrected chi connectivity index (χ3v) is 2.78. The summed E-state index contributed by atoms with van der Waals surface area (Å²) in [6, 6.07) is 11.4. The van der Waals surface area contributed by atoms with Gasteiger partial charge in [-0.1, -0.05) is 18.2 Å². The maximum absolute atomic E-state index is 11.8. The Morgan fingerprint density at radius 2 is 1.50 bits per heavy atom. The van der Waals surface area contributed by atoms with Crippen molar-refractivity contribution in [1.82, 2.24) is 0 Å². The SMILES string of the molecule is O=C(Nc1ccccc1)Nc1ccc(C(=O)O)cc1C(=O)O. The number of benzene rings is 2. The Morgan fingerprint density at radius 1 is 0.818 bits per heavy atom. The smallest absolute Gasteiger partial charge is 0.337 e. The lowest BCUT2D eigenvalue weighted by atomic mass is 10.1. The molecule has 0 unspecified atom stereocenters. The first-order valence-corrected chi connectivity index (χ1v) is 6.21.